The first-order chi connectivity index (χ1) is 6.80. The van der Waals surface area contributed by atoms with E-state index in [4.69, 9.17) is 0 Å². The molecular weight excluding hydrogens is 193 g/mol. The average Bonchev–Trinajstić information content (AvgIpc) is 1.99. The second kappa shape index (κ2) is 4.60. The molecule has 1 rings (SSSR count). The van der Waals surface area contributed by atoms with Crippen LogP contribution in [-0.2, 0) is 4.79 Å². The maximum absolute atomic E-state index is 13.9. The quantitative estimate of drug-likeness (QED) is 0.704. The standard InChI is InChI=1S/C12H22FNO/c1-9(15)7-14-6-5-10(11(13)8-14)12(2,3)4/h10-11H,5-8H2,1-4H3. The van der Waals surface area contributed by atoms with Crippen molar-refractivity contribution in [1.29, 1.82) is 0 Å². The largest absolute Gasteiger partial charge is 0.299 e. The number of carbonyl (C=O) groups is 1. The minimum absolute atomic E-state index is 0.0295. The zero-order valence-corrected chi connectivity index (χ0v) is 10.2. The first kappa shape index (κ1) is 12.6. The number of alkyl halides is 1. The molecule has 1 heterocycles. The minimum Gasteiger partial charge on any atom is -0.299 e. The summed E-state index contributed by atoms with van der Waals surface area (Å²) in [7, 11) is 0. The molecule has 0 spiro atoms. The number of carbonyl (C=O) groups excluding carboxylic acids is 1. The van der Waals surface area contributed by atoms with Gasteiger partial charge in [0.1, 0.15) is 12.0 Å². The third kappa shape index (κ3) is 3.56. The first-order valence-corrected chi connectivity index (χ1v) is 5.66. The van der Waals surface area contributed by atoms with Crippen molar-refractivity contribution in [1.82, 2.24) is 4.90 Å². The van der Waals surface area contributed by atoms with E-state index in [9.17, 15) is 9.18 Å². The number of hydrogen-bond acceptors (Lipinski definition) is 2. The Morgan fingerprint density at radius 2 is 2.07 bits per heavy atom. The Hall–Kier alpha value is -0.440. The summed E-state index contributed by atoms with van der Waals surface area (Å²) in [6, 6.07) is 0. The molecule has 0 bridgehead atoms. The van der Waals surface area contributed by atoms with Crippen LogP contribution in [-0.4, -0.2) is 36.5 Å². The average molecular weight is 215 g/mol. The van der Waals surface area contributed by atoms with E-state index >= 15 is 0 Å². The van der Waals surface area contributed by atoms with E-state index < -0.39 is 6.17 Å². The maximum Gasteiger partial charge on any atom is 0.143 e. The SMILES string of the molecule is CC(=O)CN1CCC(C(C)(C)C)C(F)C1. The molecule has 15 heavy (non-hydrogen) atoms. The van der Waals surface area contributed by atoms with Gasteiger partial charge >= 0.3 is 0 Å². The van der Waals surface area contributed by atoms with Crippen LogP contribution in [0, 0.1) is 11.3 Å². The molecule has 0 aromatic heterocycles. The molecule has 0 N–H and O–H groups in total. The van der Waals surface area contributed by atoms with Crippen LogP contribution in [0.2, 0.25) is 0 Å². The van der Waals surface area contributed by atoms with Crippen LogP contribution in [0.15, 0.2) is 0 Å². The zero-order valence-electron chi connectivity index (χ0n) is 10.2. The number of Topliss-reactive ketones (excluding diaryl/α,β-unsaturated/α-hetero) is 1. The lowest BCUT2D eigenvalue weighted by atomic mass is 9.74. The summed E-state index contributed by atoms with van der Waals surface area (Å²) in [5.74, 6) is 0.247. The molecule has 2 atom stereocenters. The summed E-state index contributed by atoms with van der Waals surface area (Å²) in [5, 5.41) is 0. The lowest BCUT2D eigenvalue weighted by Crippen LogP contribution is -2.47. The van der Waals surface area contributed by atoms with Gasteiger partial charge in [-0.05, 0) is 31.2 Å². The van der Waals surface area contributed by atoms with E-state index in [2.05, 4.69) is 20.8 Å². The molecule has 0 aliphatic carbocycles. The van der Waals surface area contributed by atoms with Gasteiger partial charge in [0.25, 0.3) is 0 Å². The van der Waals surface area contributed by atoms with E-state index in [1.807, 2.05) is 4.90 Å². The summed E-state index contributed by atoms with van der Waals surface area (Å²) in [6.07, 6.45) is 0.0656. The second-order valence-corrected chi connectivity index (χ2v) is 5.71. The lowest BCUT2D eigenvalue weighted by molar-refractivity contribution is -0.119. The lowest BCUT2D eigenvalue weighted by Gasteiger charge is -2.40. The molecule has 0 amide bonds. The highest BCUT2D eigenvalue weighted by Crippen LogP contribution is 2.35. The molecule has 0 radical (unpaired) electrons. The van der Waals surface area contributed by atoms with Gasteiger partial charge in [-0.3, -0.25) is 9.69 Å². The Kier molecular flexibility index (Phi) is 3.87. The zero-order chi connectivity index (χ0) is 11.6. The molecule has 2 unspecified atom stereocenters. The highest BCUT2D eigenvalue weighted by Gasteiger charge is 2.36. The third-order valence-corrected chi connectivity index (χ3v) is 3.18. The van der Waals surface area contributed by atoms with Gasteiger partial charge in [0.05, 0.1) is 6.54 Å². The third-order valence-electron chi connectivity index (χ3n) is 3.18. The van der Waals surface area contributed by atoms with E-state index in [0.717, 1.165) is 13.0 Å². The molecule has 3 heteroatoms. The Morgan fingerprint density at radius 3 is 2.47 bits per heavy atom. The fraction of sp³-hybridized carbons (Fsp3) is 0.917. The second-order valence-electron chi connectivity index (χ2n) is 5.71. The molecule has 1 saturated heterocycles. The number of nitrogens with zero attached hydrogens (tertiary/aromatic N) is 1. The highest BCUT2D eigenvalue weighted by atomic mass is 19.1. The first-order valence-electron chi connectivity index (χ1n) is 5.66. The van der Waals surface area contributed by atoms with Crippen LogP contribution in [0.25, 0.3) is 0 Å². The van der Waals surface area contributed by atoms with Crippen molar-refractivity contribution in [2.75, 3.05) is 19.6 Å². The molecule has 88 valence electrons. The Morgan fingerprint density at radius 1 is 1.47 bits per heavy atom. The van der Waals surface area contributed by atoms with Gasteiger partial charge in [-0.2, -0.15) is 0 Å². The summed E-state index contributed by atoms with van der Waals surface area (Å²) in [4.78, 5) is 12.9. The molecular formula is C12H22FNO. The molecule has 0 saturated carbocycles. The molecule has 1 fully saturated rings. The summed E-state index contributed by atoms with van der Waals surface area (Å²) in [6.45, 7) is 9.49. The van der Waals surface area contributed by atoms with Crippen molar-refractivity contribution in [2.45, 2.75) is 40.3 Å². The van der Waals surface area contributed by atoms with Gasteiger partial charge in [0.15, 0.2) is 0 Å². The van der Waals surface area contributed by atoms with E-state index in [0.29, 0.717) is 13.1 Å². The summed E-state index contributed by atoms with van der Waals surface area (Å²) < 4.78 is 13.9. The number of rotatable bonds is 2. The number of likely N-dealkylation sites (tertiary alicyclic amines) is 1. The highest BCUT2D eigenvalue weighted by molar-refractivity contribution is 5.77. The predicted octanol–water partition coefficient (Wildman–Crippen LogP) is 2.28. The maximum atomic E-state index is 13.9. The molecule has 1 aliphatic heterocycles. The number of hydrogen-bond donors (Lipinski definition) is 0. The fourth-order valence-electron chi connectivity index (χ4n) is 2.40. The van der Waals surface area contributed by atoms with E-state index in [1.165, 1.54) is 0 Å². The molecule has 2 nitrogen and oxygen atoms in total. The van der Waals surface area contributed by atoms with Gasteiger partial charge in [-0.15, -0.1) is 0 Å². The van der Waals surface area contributed by atoms with E-state index in [1.54, 1.807) is 6.92 Å². The Balaban J connectivity index is 2.51. The summed E-state index contributed by atoms with van der Waals surface area (Å²) >= 11 is 0. The number of piperidine rings is 1. The van der Waals surface area contributed by atoms with Crippen LogP contribution in [0.5, 0.6) is 0 Å². The van der Waals surface area contributed by atoms with Gasteiger partial charge in [-0.1, -0.05) is 20.8 Å². The number of ketones is 1. The molecule has 0 aromatic carbocycles. The number of halogens is 1. The van der Waals surface area contributed by atoms with Gasteiger partial charge in [0, 0.05) is 6.54 Å². The van der Waals surface area contributed by atoms with Crippen molar-refractivity contribution in [2.24, 2.45) is 11.3 Å². The van der Waals surface area contributed by atoms with Crippen LogP contribution >= 0.6 is 0 Å². The monoisotopic (exact) mass is 215 g/mol. The van der Waals surface area contributed by atoms with Crippen LogP contribution < -0.4 is 0 Å². The van der Waals surface area contributed by atoms with Crippen molar-refractivity contribution >= 4 is 5.78 Å². The van der Waals surface area contributed by atoms with Crippen molar-refractivity contribution in [3.05, 3.63) is 0 Å². The van der Waals surface area contributed by atoms with Gasteiger partial charge in [0.2, 0.25) is 0 Å². The molecule has 0 aromatic rings. The van der Waals surface area contributed by atoms with Crippen LogP contribution in [0.3, 0.4) is 0 Å². The van der Waals surface area contributed by atoms with Crippen LogP contribution in [0.1, 0.15) is 34.1 Å². The Bertz CT molecular complexity index is 234. The minimum atomic E-state index is -0.793. The van der Waals surface area contributed by atoms with Gasteiger partial charge < -0.3 is 0 Å². The predicted molar refractivity (Wildman–Crippen MR) is 59.6 cm³/mol. The van der Waals surface area contributed by atoms with Crippen LogP contribution in [0.4, 0.5) is 4.39 Å². The van der Waals surface area contributed by atoms with Crippen molar-refractivity contribution in [3.63, 3.8) is 0 Å². The fourth-order valence-corrected chi connectivity index (χ4v) is 2.40. The van der Waals surface area contributed by atoms with Gasteiger partial charge in [-0.25, -0.2) is 4.39 Å². The topological polar surface area (TPSA) is 20.3 Å². The molecule has 1 aliphatic rings. The normalized spacial score (nSPS) is 29.1. The Labute approximate surface area is 91.8 Å². The van der Waals surface area contributed by atoms with Crippen molar-refractivity contribution in [3.8, 4) is 0 Å². The van der Waals surface area contributed by atoms with Crippen molar-refractivity contribution < 1.29 is 9.18 Å². The summed E-state index contributed by atoms with van der Waals surface area (Å²) in [5.41, 5.74) is 0.0295. The smallest absolute Gasteiger partial charge is 0.143 e. The van der Waals surface area contributed by atoms with E-state index in [-0.39, 0.29) is 17.1 Å².